The monoisotopic (exact) mass is 844 g/mol. The fraction of sp³-hybridized carbons (Fsp3) is 0.604. The molecule has 0 unspecified atom stereocenters. The predicted octanol–water partition coefficient (Wildman–Crippen LogP) is 10.3. The van der Waals surface area contributed by atoms with Crippen molar-refractivity contribution in [3.63, 3.8) is 0 Å². The van der Waals surface area contributed by atoms with E-state index in [-0.39, 0.29) is 29.0 Å². The zero-order valence-electron chi connectivity index (χ0n) is 37.1. The summed E-state index contributed by atoms with van der Waals surface area (Å²) in [5.41, 5.74) is 1.81. The molecule has 62 heavy (non-hydrogen) atoms. The van der Waals surface area contributed by atoms with Crippen LogP contribution in [0.15, 0.2) is 91.0 Å². The molecule has 5 saturated carbocycles. The average molecular weight is 845 g/mol. The third-order valence-corrected chi connectivity index (χ3v) is 18.5. The fourth-order valence-electron chi connectivity index (χ4n) is 15.3. The number of fused-ring (bicyclic) bond motifs is 5. The lowest BCUT2D eigenvalue weighted by Crippen LogP contribution is -2.67. The highest BCUT2D eigenvalue weighted by Gasteiger charge is 2.72. The molecule has 5 aliphatic carbocycles. The second-order valence-corrected chi connectivity index (χ2v) is 21.4. The maximum atomic E-state index is 14.0. The van der Waals surface area contributed by atoms with Crippen LogP contribution in [0.3, 0.4) is 0 Å². The second kappa shape index (κ2) is 15.6. The van der Waals surface area contributed by atoms with Crippen LogP contribution in [0.2, 0.25) is 0 Å². The van der Waals surface area contributed by atoms with Crippen molar-refractivity contribution in [2.45, 2.75) is 136 Å². The summed E-state index contributed by atoms with van der Waals surface area (Å²) >= 11 is 0. The minimum Gasteiger partial charge on any atom is -0.452 e. The van der Waals surface area contributed by atoms with Crippen LogP contribution in [0.25, 0.3) is 0 Å². The van der Waals surface area contributed by atoms with Crippen LogP contribution in [-0.2, 0) is 28.4 Å². The van der Waals surface area contributed by atoms with Crippen LogP contribution in [0.1, 0.15) is 130 Å². The van der Waals surface area contributed by atoms with Gasteiger partial charge in [0.15, 0.2) is 24.6 Å². The number of esters is 3. The minimum atomic E-state index is -1.25. The minimum absolute atomic E-state index is 0.127. The van der Waals surface area contributed by atoms with Crippen molar-refractivity contribution in [2.75, 3.05) is 13.2 Å². The van der Waals surface area contributed by atoms with Crippen LogP contribution < -0.4 is 0 Å². The maximum Gasteiger partial charge on any atom is 0.338 e. The Hall–Kier alpha value is -4.05. The zero-order valence-corrected chi connectivity index (χ0v) is 37.1. The van der Waals surface area contributed by atoms with Crippen LogP contribution >= 0.6 is 0 Å². The molecule has 9 heteroatoms. The van der Waals surface area contributed by atoms with Crippen molar-refractivity contribution in [2.24, 2.45) is 50.7 Å². The average Bonchev–Trinajstić information content (AvgIpc) is 3.84. The molecule has 0 aromatic heterocycles. The summed E-state index contributed by atoms with van der Waals surface area (Å²) in [6.07, 6.45) is 7.51. The van der Waals surface area contributed by atoms with Gasteiger partial charge in [0.2, 0.25) is 0 Å². The number of ether oxygens (including phenoxy) is 6. The summed E-state index contributed by atoms with van der Waals surface area (Å²) < 4.78 is 38.8. The second-order valence-electron chi connectivity index (χ2n) is 21.4. The fourth-order valence-corrected chi connectivity index (χ4v) is 15.3. The normalized spacial score (nSPS) is 41.4. The van der Waals surface area contributed by atoms with Gasteiger partial charge in [-0.3, -0.25) is 0 Å². The molecule has 9 nitrogen and oxygen atoms in total. The maximum absolute atomic E-state index is 14.0. The van der Waals surface area contributed by atoms with Gasteiger partial charge < -0.3 is 28.4 Å². The molecule has 2 bridgehead atoms. The van der Waals surface area contributed by atoms with Crippen molar-refractivity contribution in [1.29, 1.82) is 0 Å². The van der Waals surface area contributed by atoms with E-state index in [9.17, 15) is 14.4 Å². The van der Waals surface area contributed by atoms with E-state index in [1.165, 1.54) is 44.9 Å². The predicted molar refractivity (Wildman–Crippen MR) is 232 cm³/mol. The van der Waals surface area contributed by atoms with Crippen molar-refractivity contribution in [1.82, 2.24) is 0 Å². The summed E-state index contributed by atoms with van der Waals surface area (Å²) in [7, 11) is 0. The van der Waals surface area contributed by atoms with Crippen molar-refractivity contribution in [3.8, 4) is 0 Å². The number of hydrogen-bond acceptors (Lipinski definition) is 9. The molecule has 2 aliphatic heterocycles. The van der Waals surface area contributed by atoms with Gasteiger partial charge in [-0.1, -0.05) is 89.2 Å². The van der Waals surface area contributed by atoms with Gasteiger partial charge >= 0.3 is 17.9 Å². The number of rotatable bonds is 8. The van der Waals surface area contributed by atoms with Crippen LogP contribution in [0, 0.1) is 50.7 Å². The van der Waals surface area contributed by atoms with E-state index in [1.54, 1.807) is 72.8 Å². The standard InChI is InChI=1S/C53H64O9/c1-49(2)39-24-27-52(5)40(22-21-36-42-37-23-28-53(42,32-58-37)30-29-51(36,52)4)50(39,3)26-25-41(49)60-48-44(62-47(56)35-19-13-8-14-20-35)43(61-46(55)34-17-11-7-12-18-34)38(31-57-48)59-45(54)33-15-9-6-10-16-33/h6-20,36-44,48H,21-32H2,1-5H3/t36-,37+,38+,39+,40-,41+,42+,43+,44-,48+,50+,51-,52-,53-/m1/s1. The first-order valence-corrected chi connectivity index (χ1v) is 23.4. The van der Waals surface area contributed by atoms with E-state index >= 15 is 0 Å². The van der Waals surface area contributed by atoms with Crippen molar-refractivity contribution in [3.05, 3.63) is 108 Å². The van der Waals surface area contributed by atoms with E-state index in [1.807, 2.05) is 18.2 Å². The first kappa shape index (κ1) is 41.9. The molecule has 0 radical (unpaired) electrons. The van der Waals surface area contributed by atoms with Gasteiger partial charge in [-0.05, 0) is 151 Å². The lowest BCUT2D eigenvalue weighted by molar-refractivity contribution is -0.309. The number of benzene rings is 3. The summed E-state index contributed by atoms with van der Waals surface area (Å²) in [4.78, 5) is 41.4. The summed E-state index contributed by atoms with van der Waals surface area (Å²) in [6.45, 7) is 13.5. The van der Waals surface area contributed by atoms with E-state index in [4.69, 9.17) is 28.4 Å². The van der Waals surface area contributed by atoms with Crippen molar-refractivity contribution >= 4 is 17.9 Å². The molecular formula is C53H64O9. The lowest BCUT2D eigenvalue weighted by Gasteiger charge is -2.72. The third kappa shape index (κ3) is 6.60. The van der Waals surface area contributed by atoms with Crippen LogP contribution in [0.4, 0.5) is 0 Å². The Bertz CT molecular complexity index is 2130. The first-order valence-electron chi connectivity index (χ1n) is 23.4. The summed E-state index contributed by atoms with van der Waals surface area (Å²) in [6, 6.07) is 26.0. The van der Waals surface area contributed by atoms with Crippen LogP contribution in [-0.4, -0.2) is 67.9 Å². The molecule has 3 aromatic rings. The van der Waals surface area contributed by atoms with E-state index < -0.39 is 42.5 Å². The SMILES string of the molecule is CC1(C)[C@@H](O[C@@H]2OC[C@H](OC(=O)c3ccccc3)[C@H](OC(=O)c3ccccc3)[C@H]2OC(=O)c2ccccc2)CC[C@]2(C)[C@H]3CC[C@@H]4[C@H]5[C@@H]6CC[C@@]5(CC[C@@]4(C)[C@]3(C)CC[C@@H]12)CO6. The Morgan fingerprint density at radius 2 is 1.16 bits per heavy atom. The molecule has 7 aliphatic rings. The topological polar surface area (TPSA) is 107 Å². The molecule has 10 rings (SSSR count). The molecule has 14 atom stereocenters. The van der Waals surface area contributed by atoms with Crippen molar-refractivity contribution < 1.29 is 42.8 Å². The molecule has 0 N–H and O–H groups in total. The molecule has 330 valence electrons. The van der Waals surface area contributed by atoms with Gasteiger partial charge in [-0.15, -0.1) is 0 Å². The first-order chi connectivity index (χ1) is 29.8. The Labute approximate surface area is 366 Å². The van der Waals surface area contributed by atoms with Crippen LogP contribution in [0.5, 0.6) is 0 Å². The van der Waals surface area contributed by atoms with Gasteiger partial charge in [0.25, 0.3) is 0 Å². The Morgan fingerprint density at radius 3 is 1.76 bits per heavy atom. The lowest BCUT2D eigenvalue weighted by atomic mass is 9.32. The smallest absolute Gasteiger partial charge is 0.338 e. The molecule has 3 aromatic carbocycles. The molecule has 0 spiro atoms. The quantitative estimate of drug-likeness (QED) is 0.124. The van der Waals surface area contributed by atoms with Gasteiger partial charge in [0.1, 0.15) is 0 Å². The van der Waals surface area contributed by atoms with E-state index in [0.29, 0.717) is 45.5 Å². The highest BCUT2D eigenvalue weighted by atomic mass is 16.7. The third-order valence-electron chi connectivity index (χ3n) is 18.5. The van der Waals surface area contributed by atoms with Gasteiger partial charge in [0, 0.05) is 0 Å². The van der Waals surface area contributed by atoms with Gasteiger partial charge in [-0.2, -0.15) is 0 Å². The van der Waals surface area contributed by atoms with Gasteiger partial charge in [-0.25, -0.2) is 14.4 Å². The number of hydrogen-bond donors (Lipinski definition) is 0. The Kier molecular flexibility index (Phi) is 10.5. The highest BCUT2D eigenvalue weighted by Crippen LogP contribution is 2.77. The Morgan fingerprint density at radius 1 is 0.565 bits per heavy atom. The summed E-state index contributed by atoms with van der Waals surface area (Å²) in [5.74, 6) is 0.594. The molecule has 7 fully saturated rings. The molecule has 2 heterocycles. The highest BCUT2D eigenvalue weighted by molar-refractivity contribution is 5.91. The number of carbonyl (C=O) groups excluding carboxylic acids is 3. The van der Waals surface area contributed by atoms with E-state index in [2.05, 4.69) is 34.6 Å². The molecule has 0 amide bonds. The molecular weight excluding hydrogens is 781 g/mol. The molecule has 2 saturated heterocycles. The Balaban J connectivity index is 0.932. The van der Waals surface area contributed by atoms with Gasteiger partial charge in [0.05, 0.1) is 42.1 Å². The summed E-state index contributed by atoms with van der Waals surface area (Å²) in [5, 5.41) is 0. The number of carbonyl (C=O) groups is 3. The largest absolute Gasteiger partial charge is 0.452 e. The zero-order chi connectivity index (χ0) is 43.1. The van der Waals surface area contributed by atoms with E-state index in [0.717, 1.165) is 37.7 Å².